The normalized spacial score (nSPS) is 10.9. The largest absolute Gasteiger partial charge is 0.488 e. The molecular formula is C21H31N3O. The second kappa shape index (κ2) is 10.7. The summed E-state index contributed by atoms with van der Waals surface area (Å²) in [6, 6.07) is 11.0. The van der Waals surface area contributed by atoms with Gasteiger partial charge in [-0.2, -0.15) is 0 Å². The summed E-state index contributed by atoms with van der Waals surface area (Å²) in [6.07, 6.45) is 8.40. The number of rotatable bonds is 11. The monoisotopic (exact) mass is 341 g/mol. The van der Waals surface area contributed by atoms with Gasteiger partial charge in [-0.05, 0) is 38.2 Å². The Hall–Kier alpha value is -2.10. The fourth-order valence-corrected chi connectivity index (χ4v) is 2.95. The van der Waals surface area contributed by atoms with Crippen molar-refractivity contribution in [3.05, 3.63) is 47.9 Å². The summed E-state index contributed by atoms with van der Waals surface area (Å²) in [7, 11) is 0. The molecule has 4 nitrogen and oxygen atoms in total. The lowest BCUT2D eigenvalue weighted by atomic mass is 10.1. The van der Waals surface area contributed by atoms with Crippen molar-refractivity contribution in [1.82, 2.24) is 9.97 Å². The van der Waals surface area contributed by atoms with Crippen molar-refractivity contribution in [2.45, 2.75) is 65.3 Å². The highest BCUT2D eigenvalue weighted by Gasteiger charge is 2.12. The third-order valence-corrected chi connectivity index (χ3v) is 4.20. The molecule has 136 valence electrons. The van der Waals surface area contributed by atoms with Crippen LogP contribution < -0.4 is 10.1 Å². The number of aryl methyl sites for hydroxylation is 2. The third kappa shape index (κ3) is 6.73. The summed E-state index contributed by atoms with van der Waals surface area (Å²) in [4.78, 5) is 8.87. The summed E-state index contributed by atoms with van der Waals surface area (Å²) < 4.78 is 5.98. The molecule has 0 radical (unpaired) electrons. The number of hydrogen-bond acceptors (Lipinski definition) is 4. The molecule has 0 aliphatic heterocycles. The van der Waals surface area contributed by atoms with Gasteiger partial charge < -0.3 is 10.1 Å². The Morgan fingerprint density at radius 2 is 1.80 bits per heavy atom. The minimum absolute atomic E-state index is 0.441. The molecular weight excluding hydrogens is 310 g/mol. The van der Waals surface area contributed by atoms with Crippen molar-refractivity contribution in [2.75, 3.05) is 11.9 Å². The van der Waals surface area contributed by atoms with Gasteiger partial charge in [-0.15, -0.1) is 0 Å². The van der Waals surface area contributed by atoms with Gasteiger partial charge in [-0.3, -0.25) is 0 Å². The second-order valence-electron chi connectivity index (χ2n) is 6.49. The molecule has 0 atom stereocenters. The van der Waals surface area contributed by atoms with Crippen LogP contribution in [0.1, 0.15) is 57.3 Å². The van der Waals surface area contributed by atoms with Crippen LogP contribution in [0, 0.1) is 6.92 Å². The summed E-state index contributed by atoms with van der Waals surface area (Å²) in [5, 5.41) is 3.57. The minimum atomic E-state index is 0.441. The van der Waals surface area contributed by atoms with E-state index in [2.05, 4.69) is 53.4 Å². The first-order valence-corrected chi connectivity index (χ1v) is 9.49. The SMILES string of the molecule is CCCC(CCC)Nc1nc(C)ncc1OCCCc1ccccc1. The minimum Gasteiger partial charge on any atom is -0.488 e. The molecule has 25 heavy (non-hydrogen) atoms. The van der Waals surface area contributed by atoms with E-state index in [1.807, 2.05) is 13.0 Å². The Balaban J connectivity index is 1.92. The van der Waals surface area contributed by atoms with Crippen molar-refractivity contribution >= 4 is 5.82 Å². The average Bonchev–Trinajstić information content (AvgIpc) is 2.61. The lowest BCUT2D eigenvalue weighted by Gasteiger charge is -2.20. The first-order chi connectivity index (χ1) is 12.2. The van der Waals surface area contributed by atoms with E-state index in [4.69, 9.17) is 4.74 Å². The fourth-order valence-electron chi connectivity index (χ4n) is 2.95. The lowest BCUT2D eigenvalue weighted by Crippen LogP contribution is -2.21. The van der Waals surface area contributed by atoms with Crippen LogP contribution in [0.3, 0.4) is 0 Å². The summed E-state index contributed by atoms with van der Waals surface area (Å²) in [5.74, 6) is 2.36. The molecule has 2 aromatic rings. The highest BCUT2D eigenvalue weighted by atomic mass is 16.5. The van der Waals surface area contributed by atoms with Crippen molar-refractivity contribution in [3.8, 4) is 5.75 Å². The topological polar surface area (TPSA) is 47.0 Å². The van der Waals surface area contributed by atoms with Gasteiger partial charge in [0.25, 0.3) is 0 Å². The van der Waals surface area contributed by atoms with E-state index < -0.39 is 0 Å². The molecule has 0 aliphatic rings. The molecule has 0 saturated heterocycles. The number of ether oxygens (including phenoxy) is 1. The number of hydrogen-bond donors (Lipinski definition) is 1. The third-order valence-electron chi connectivity index (χ3n) is 4.20. The van der Waals surface area contributed by atoms with Gasteiger partial charge in [0.05, 0.1) is 12.8 Å². The summed E-state index contributed by atoms with van der Waals surface area (Å²) in [5.41, 5.74) is 1.34. The van der Waals surface area contributed by atoms with Gasteiger partial charge >= 0.3 is 0 Å². The van der Waals surface area contributed by atoms with Crippen molar-refractivity contribution in [1.29, 1.82) is 0 Å². The quantitative estimate of drug-likeness (QED) is 0.572. The molecule has 0 fully saturated rings. The van der Waals surface area contributed by atoms with E-state index >= 15 is 0 Å². The van der Waals surface area contributed by atoms with Crippen LogP contribution in [-0.4, -0.2) is 22.6 Å². The van der Waals surface area contributed by atoms with Crippen LogP contribution in [0.25, 0.3) is 0 Å². The number of anilines is 1. The molecule has 2 rings (SSSR count). The Labute approximate surface area is 152 Å². The molecule has 0 saturated carbocycles. The standard InChI is InChI=1S/C21H31N3O/c1-4-10-19(11-5-2)24-21-20(16-22-17(3)23-21)25-15-9-14-18-12-7-6-8-13-18/h6-8,12-13,16,19H,4-5,9-11,14-15H2,1-3H3,(H,22,23,24). The molecule has 1 N–H and O–H groups in total. The predicted octanol–water partition coefficient (Wildman–Crippen LogP) is 5.18. The van der Waals surface area contributed by atoms with Gasteiger partial charge in [0, 0.05) is 6.04 Å². The Morgan fingerprint density at radius 1 is 1.08 bits per heavy atom. The zero-order valence-electron chi connectivity index (χ0n) is 15.8. The fraction of sp³-hybridized carbons (Fsp3) is 0.524. The Bertz CT molecular complexity index is 610. The van der Waals surface area contributed by atoms with Crippen molar-refractivity contribution in [3.63, 3.8) is 0 Å². The molecule has 0 amide bonds. The van der Waals surface area contributed by atoms with Gasteiger partial charge in [0.2, 0.25) is 0 Å². The maximum Gasteiger partial charge on any atom is 0.179 e. The average molecular weight is 341 g/mol. The highest BCUT2D eigenvalue weighted by molar-refractivity contribution is 5.49. The van der Waals surface area contributed by atoms with E-state index in [-0.39, 0.29) is 0 Å². The van der Waals surface area contributed by atoms with E-state index in [1.165, 1.54) is 5.56 Å². The molecule has 4 heteroatoms. The van der Waals surface area contributed by atoms with Crippen molar-refractivity contribution in [2.24, 2.45) is 0 Å². The van der Waals surface area contributed by atoms with Crippen LogP contribution >= 0.6 is 0 Å². The number of benzene rings is 1. The van der Waals surface area contributed by atoms with E-state index in [0.29, 0.717) is 12.6 Å². The predicted molar refractivity (Wildman–Crippen MR) is 104 cm³/mol. The zero-order valence-corrected chi connectivity index (χ0v) is 15.8. The maximum absolute atomic E-state index is 5.98. The molecule has 1 aromatic heterocycles. The van der Waals surface area contributed by atoms with Crippen molar-refractivity contribution < 1.29 is 4.74 Å². The first kappa shape index (κ1) is 19.2. The van der Waals surface area contributed by atoms with Gasteiger partial charge in [-0.1, -0.05) is 57.0 Å². The smallest absolute Gasteiger partial charge is 0.179 e. The number of aromatic nitrogens is 2. The van der Waals surface area contributed by atoms with Crippen LogP contribution in [0.2, 0.25) is 0 Å². The first-order valence-electron chi connectivity index (χ1n) is 9.49. The second-order valence-corrected chi connectivity index (χ2v) is 6.49. The van der Waals surface area contributed by atoms with Gasteiger partial charge in [-0.25, -0.2) is 9.97 Å². The zero-order chi connectivity index (χ0) is 17.9. The molecule has 1 heterocycles. The van der Waals surface area contributed by atoms with Crippen LogP contribution in [0.15, 0.2) is 36.5 Å². The van der Waals surface area contributed by atoms with Crippen LogP contribution in [-0.2, 0) is 6.42 Å². The molecule has 0 spiro atoms. The Kier molecular flexibility index (Phi) is 8.23. The van der Waals surface area contributed by atoms with Crippen LogP contribution in [0.4, 0.5) is 5.82 Å². The maximum atomic E-state index is 5.98. The molecule has 1 aromatic carbocycles. The molecule has 0 bridgehead atoms. The van der Waals surface area contributed by atoms with E-state index in [9.17, 15) is 0 Å². The number of nitrogens with zero attached hydrogens (tertiary/aromatic N) is 2. The summed E-state index contributed by atoms with van der Waals surface area (Å²) >= 11 is 0. The van der Waals surface area contributed by atoms with Crippen LogP contribution in [0.5, 0.6) is 5.75 Å². The van der Waals surface area contributed by atoms with E-state index in [1.54, 1.807) is 6.20 Å². The highest BCUT2D eigenvalue weighted by Crippen LogP contribution is 2.24. The van der Waals surface area contributed by atoms with Gasteiger partial charge in [0.15, 0.2) is 11.6 Å². The number of nitrogens with one attached hydrogen (secondary N) is 1. The van der Waals surface area contributed by atoms with E-state index in [0.717, 1.165) is 55.9 Å². The molecule has 0 aliphatic carbocycles. The lowest BCUT2D eigenvalue weighted by molar-refractivity contribution is 0.309. The molecule has 0 unspecified atom stereocenters. The van der Waals surface area contributed by atoms with Gasteiger partial charge in [0.1, 0.15) is 5.82 Å². The summed E-state index contributed by atoms with van der Waals surface area (Å²) in [6.45, 7) is 7.02. The Morgan fingerprint density at radius 3 is 2.48 bits per heavy atom.